The highest BCUT2D eigenvalue weighted by Gasteiger charge is 2.19. The summed E-state index contributed by atoms with van der Waals surface area (Å²) in [6.45, 7) is 12.9. The smallest absolute Gasteiger partial charge is 0.124 e. The monoisotopic (exact) mass is 345 g/mol. The highest BCUT2D eigenvalue weighted by atomic mass is 28.3. The zero-order valence-electron chi connectivity index (χ0n) is 15.7. The molecule has 0 aliphatic heterocycles. The maximum Gasteiger partial charge on any atom is 0.124 e. The lowest BCUT2D eigenvalue weighted by Crippen LogP contribution is -2.22. The van der Waals surface area contributed by atoms with Crippen LogP contribution in [0.1, 0.15) is 36.7 Å². The van der Waals surface area contributed by atoms with Crippen LogP contribution in [0.15, 0.2) is 30.6 Å². The van der Waals surface area contributed by atoms with E-state index in [1.165, 1.54) is 17.3 Å². The van der Waals surface area contributed by atoms with Crippen LogP contribution < -0.4 is 5.73 Å². The number of anilines is 1. The molecule has 0 aliphatic carbocycles. The summed E-state index contributed by atoms with van der Waals surface area (Å²) in [5.74, 6) is 0.267. The molecule has 1 atom stereocenters. The maximum atomic E-state index is 5.94. The van der Waals surface area contributed by atoms with Gasteiger partial charge in [0, 0.05) is 32.0 Å². The van der Waals surface area contributed by atoms with Gasteiger partial charge in [0.2, 0.25) is 0 Å². The zero-order chi connectivity index (χ0) is 17.7. The van der Waals surface area contributed by atoms with E-state index in [0.717, 1.165) is 24.4 Å². The molecule has 2 rings (SSSR count). The second kappa shape index (κ2) is 7.99. The van der Waals surface area contributed by atoms with Crippen molar-refractivity contribution in [1.29, 1.82) is 0 Å². The third kappa shape index (κ3) is 4.95. The summed E-state index contributed by atoms with van der Waals surface area (Å²) >= 11 is 0. The first-order chi connectivity index (χ1) is 11.3. The molecule has 0 unspecified atom stereocenters. The number of rotatable bonds is 8. The summed E-state index contributed by atoms with van der Waals surface area (Å²) in [5.41, 5.74) is 10.3. The van der Waals surface area contributed by atoms with Gasteiger partial charge in [0.1, 0.15) is 6.73 Å². The third-order valence-corrected chi connectivity index (χ3v) is 6.07. The van der Waals surface area contributed by atoms with Crippen molar-refractivity contribution < 1.29 is 4.74 Å². The van der Waals surface area contributed by atoms with Crippen molar-refractivity contribution in [1.82, 2.24) is 9.55 Å². The number of nitrogen functional groups attached to an aromatic ring is 1. The first-order valence-corrected chi connectivity index (χ1v) is 12.5. The van der Waals surface area contributed by atoms with Crippen molar-refractivity contribution in [3.63, 3.8) is 0 Å². The molecule has 0 saturated heterocycles. The fourth-order valence-electron chi connectivity index (χ4n) is 2.79. The number of benzene rings is 1. The molecule has 2 aromatic rings. The Bertz CT molecular complexity index is 644. The lowest BCUT2D eigenvalue weighted by atomic mass is 9.95. The second-order valence-electron chi connectivity index (χ2n) is 7.64. The Morgan fingerprint density at radius 2 is 1.88 bits per heavy atom. The van der Waals surface area contributed by atoms with Crippen molar-refractivity contribution >= 4 is 13.8 Å². The van der Waals surface area contributed by atoms with Crippen LogP contribution in [-0.4, -0.2) is 24.2 Å². The van der Waals surface area contributed by atoms with Gasteiger partial charge in [-0.3, -0.25) is 0 Å². The van der Waals surface area contributed by atoms with E-state index in [2.05, 4.69) is 55.2 Å². The summed E-state index contributed by atoms with van der Waals surface area (Å²) < 4.78 is 8.09. The van der Waals surface area contributed by atoms with E-state index >= 15 is 0 Å². The Kier molecular flexibility index (Phi) is 6.24. The molecule has 2 N–H and O–H groups in total. The van der Waals surface area contributed by atoms with Crippen molar-refractivity contribution in [2.24, 2.45) is 0 Å². The first kappa shape index (κ1) is 18.7. The molecule has 0 aliphatic rings. The fraction of sp³-hybridized carbons (Fsp3) is 0.526. The highest BCUT2D eigenvalue weighted by molar-refractivity contribution is 6.76. The number of ether oxygens (including phenoxy) is 1. The van der Waals surface area contributed by atoms with Crippen LogP contribution in [-0.2, 0) is 17.9 Å². The number of aryl methyl sites for hydroxylation is 1. The Hall–Kier alpha value is -1.59. The maximum absolute atomic E-state index is 5.94. The van der Waals surface area contributed by atoms with Gasteiger partial charge in [0.25, 0.3) is 0 Å². The summed E-state index contributed by atoms with van der Waals surface area (Å²) in [6, 6.07) is 9.31. The lowest BCUT2D eigenvalue weighted by Gasteiger charge is -2.19. The second-order valence-corrected chi connectivity index (χ2v) is 13.3. The zero-order valence-corrected chi connectivity index (χ0v) is 16.7. The SMILES string of the molecule is CCc1ncn(COCC[Si](C)(C)C)c1[C@H](C)c1ccc(N)cc1. The molecule has 0 amide bonds. The number of imidazole rings is 1. The van der Waals surface area contributed by atoms with Crippen molar-refractivity contribution in [3.05, 3.63) is 47.5 Å². The highest BCUT2D eigenvalue weighted by Crippen LogP contribution is 2.27. The molecule has 1 aromatic carbocycles. The normalized spacial score (nSPS) is 13.2. The number of aromatic nitrogens is 2. The molecule has 5 heteroatoms. The van der Waals surface area contributed by atoms with Gasteiger partial charge in [-0.15, -0.1) is 0 Å². The Morgan fingerprint density at radius 3 is 2.46 bits per heavy atom. The van der Waals surface area contributed by atoms with Crippen molar-refractivity contribution in [2.45, 2.75) is 58.6 Å². The van der Waals surface area contributed by atoms with Crippen LogP contribution in [0.4, 0.5) is 5.69 Å². The van der Waals surface area contributed by atoms with Gasteiger partial charge < -0.3 is 15.0 Å². The molecule has 132 valence electrons. The number of nitrogens with two attached hydrogens (primary N) is 1. The van der Waals surface area contributed by atoms with E-state index in [1.807, 2.05) is 18.5 Å². The Labute approximate surface area is 147 Å². The lowest BCUT2D eigenvalue weighted by molar-refractivity contribution is 0.0849. The van der Waals surface area contributed by atoms with Crippen molar-refractivity contribution in [3.8, 4) is 0 Å². The minimum Gasteiger partial charge on any atom is -0.399 e. The van der Waals surface area contributed by atoms with Crippen LogP contribution in [0, 0.1) is 0 Å². The summed E-state index contributed by atoms with van der Waals surface area (Å²) in [5, 5.41) is 0. The van der Waals surface area contributed by atoms with Gasteiger partial charge in [0.15, 0.2) is 0 Å². The van der Waals surface area contributed by atoms with Crippen LogP contribution in [0.3, 0.4) is 0 Å². The van der Waals surface area contributed by atoms with Gasteiger partial charge in [-0.05, 0) is 30.2 Å². The molecule has 1 aromatic heterocycles. The molecular weight excluding hydrogens is 314 g/mol. The first-order valence-electron chi connectivity index (χ1n) is 8.79. The topological polar surface area (TPSA) is 53.1 Å². The summed E-state index contributed by atoms with van der Waals surface area (Å²) in [7, 11) is -1.05. The number of hydrogen-bond donors (Lipinski definition) is 1. The molecular formula is C19H31N3OSi. The average Bonchev–Trinajstić information content (AvgIpc) is 2.93. The van der Waals surface area contributed by atoms with E-state index in [9.17, 15) is 0 Å². The predicted octanol–water partition coefficient (Wildman–Crippen LogP) is 4.49. The quantitative estimate of drug-likeness (QED) is 0.435. The van der Waals surface area contributed by atoms with Gasteiger partial charge in [-0.1, -0.05) is 45.6 Å². The molecule has 0 radical (unpaired) electrons. The van der Waals surface area contributed by atoms with E-state index in [0.29, 0.717) is 6.73 Å². The summed E-state index contributed by atoms with van der Waals surface area (Å²) in [6.07, 6.45) is 2.84. The van der Waals surface area contributed by atoms with Crippen LogP contribution in [0.2, 0.25) is 25.7 Å². The Balaban J connectivity index is 2.13. The number of hydrogen-bond acceptors (Lipinski definition) is 3. The van der Waals surface area contributed by atoms with Crippen LogP contribution >= 0.6 is 0 Å². The predicted molar refractivity (Wildman–Crippen MR) is 104 cm³/mol. The fourth-order valence-corrected chi connectivity index (χ4v) is 3.55. The van der Waals surface area contributed by atoms with Crippen molar-refractivity contribution in [2.75, 3.05) is 12.3 Å². The molecule has 24 heavy (non-hydrogen) atoms. The van der Waals surface area contributed by atoms with Gasteiger partial charge in [0.05, 0.1) is 12.0 Å². The molecule has 1 heterocycles. The average molecular weight is 346 g/mol. The minimum absolute atomic E-state index is 0.267. The van der Waals surface area contributed by atoms with E-state index in [1.54, 1.807) is 0 Å². The van der Waals surface area contributed by atoms with Gasteiger partial charge in [-0.2, -0.15) is 0 Å². The minimum atomic E-state index is -1.05. The summed E-state index contributed by atoms with van der Waals surface area (Å²) in [4.78, 5) is 4.59. The van der Waals surface area contributed by atoms with Gasteiger partial charge in [-0.25, -0.2) is 4.98 Å². The molecule has 4 nitrogen and oxygen atoms in total. The molecule has 0 bridgehead atoms. The molecule has 0 saturated carbocycles. The molecule has 0 spiro atoms. The van der Waals surface area contributed by atoms with E-state index in [4.69, 9.17) is 10.5 Å². The Morgan fingerprint density at radius 1 is 1.21 bits per heavy atom. The van der Waals surface area contributed by atoms with Gasteiger partial charge >= 0.3 is 0 Å². The van der Waals surface area contributed by atoms with Crippen LogP contribution in [0.5, 0.6) is 0 Å². The van der Waals surface area contributed by atoms with Crippen LogP contribution in [0.25, 0.3) is 0 Å². The van der Waals surface area contributed by atoms with E-state index < -0.39 is 8.07 Å². The number of nitrogens with zero attached hydrogens (tertiary/aromatic N) is 2. The third-order valence-electron chi connectivity index (χ3n) is 4.37. The molecule has 0 fully saturated rings. The van der Waals surface area contributed by atoms with E-state index in [-0.39, 0.29) is 5.92 Å². The standard InChI is InChI=1S/C19H31N3OSi/c1-6-18-19(15(2)16-7-9-17(20)10-8-16)22(13-21-18)14-23-11-12-24(3,4)5/h7-10,13,15H,6,11-12,14,20H2,1-5H3/t15-/m1/s1. The largest absolute Gasteiger partial charge is 0.399 e.